The van der Waals surface area contributed by atoms with Crippen molar-refractivity contribution in [2.75, 3.05) is 11.4 Å². The van der Waals surface area contributed by atoms with E-state index in [1.807, 2.05) is 0 Å². The maximum Gasteiger partial charge on any atom is 0.0368 e. The molecule has 1 aromatic carbocycles. The van der Waals surface area contributed by atoms with Crippen molar-refractivity contribution in [3.63, 3.8) is 0 Å². The Hall–Kier alpha value is -1.02. The molecular formula is C16H28N2. The Morgan fingerprint density at radius 2 is 1.61 bits per heavy atom. The molecule has 0 unspecified atom stereocenters. The lowest BCUT2D eigenvalue weighted by Crippen LogP contribution is -2.35. The van der Waals surface area contributed by atoms with Gasteiger partial charge in [0.2, 0.25) is 0 Å². The second-order valence-corrected chi connectivity index (χ2v) is 5.30. The summed E-state index contributed by atoms with van der Waals surface area (Å²) in [6.07, 6.45) is 2.50. The summed E-state index contributed by atoms with van der Waals surface area (Å²) >= 11 is 0. The van der Waals surface area contributed by atoms with Gasteiger partial charge in [-0.25, -0.2) is 0 Å². The molecule has 0 spiro atoms. The van der Waals surface area contributed by atoms with Gasteiger partial charge in [0.1, 0.15) is 0 Å². The third kappa shape index (κ3) is 4.02. The second kappa shape index (κ2) is 7.42. The summed E-state index contributed by atoms with van der Waals surface area (Å²) < 4.78 is 0. The van der Waals surface area contributed by atoms with Crippen molar-refractivity contribution in [2.45, 2.75) is 53.1 Å². The van der Waals surface area contributed by atoms with E-state index < -0.39 is 0 Å². The molecule has 0 heterocycles. The van der Waals surface area contributed by atoms with Crippen LogP contribution in [0.5, 0.6) is 0 Å². The van der Waals surface area contributed by atoms with Crippen molar-refractivity contribution in [3.8, 4) is 0 Å². The van der Waals surface area contributed by atoms with Gasteiger partial charge in [0.25, 0.3) is 0 Å². The van der Waals surface area contributed by atoms with Crippen LogP contribution < -0.4 is 10.6 Å². The van der Waals surface area contributed by atoms with Gasteiger partial charge in [-0.05, 0) is 37.5 Å². The van der Waals surface area contributed by atoms with Crippen LogP contribution in [-0.4, -0.2) is 12.6 Å². The number of hydrogen-bond acceptors (Lipinski definition) is 2. The highest BCUT2D eigenvalue weighted by molar-refractivity contribution is 5.48. The van der Waals surface area contributed by atoms with E-state index in [-0.39, 0.29) is 0 Å². The van der Waals surface area contributed by atoms with E-state index in [2.05, 4.69) is 56.9 Å². The molecule has 0 atom stereocenters. The fourth-order valence-electron chi connectivity index (χ4n) is 2.26. The molecule has 0 radical (unpaired) electrons. The van der Waals surface area contributed by atoms with Gasteiger partial charge in [0, 0.05) is 24.8 Å². The van der Waals surface area contributed by atoms with E-state index in [1.165, 1.54) is 24.1 Å². The molecule has 102 valence electrons. The monoisotopic (exact) mass is 248 g/mol. The minimum absolute atomic E-state index is 0.536. The summed E-state index contributed by atoms with van der Waals surface area (Å²) in [7, 11) is 0. The first kappa shape index (κ1) is 15.0. The van der Waals surface area contributed by atoms with Crippen LogP contribution in [0.15, 0.2) is 24.3 Å². The van der Waals surface area contributed by atoms with Gasteiger partial charge in [-0.15, -0.1) is 0 Å². The lowest BCUT2D eigenvalue weighted by molar-refractivity contribution is 0.467. The van der Waals surface area contributed by atoms with Crippen molar-refractivity contribution < 1.29 is 0 Å². The number of hydrogen-bond donors (Lipinski definition) is 1. The first-order chi connectivity index (χ1) is 8.62. The SMILES string of the molecule is CCC(CC)CN(c1ccc(CN)cc1)C(C)C. The highest BCUT2D eigenvalue weighted by Crippen LogP contribution is 2.21. The lowest BCUT2D eigenvalue weighted by Gasteiger charge is -2.32. The third-order valence-corrected chi connectivity index (χ3v) is 3.74. The molecule has 18 heavy (non-hydrogen) atoms. The van der Waals surface area contributed by atoms with Gasteiger partial charge in [-0.3, -0.25) is 0 Å². The zero-order valence-corrected chi connectivity index (χ0v) is 12.3. The van der Waals surface area contributed by atoms with Crippen molar-refractivity contribution in [1.29, 1.82) is 0 Å². The van der Waals surface area contributed by atoms with Crippen molar-refractivity contribution in [3.05, 3.63) is 29.8 Å². The molecular weight excluding hydrogens is 220 g/mol. The van der Waals surface area contributed by atoms with Crippen LogP contribution in [-0.2, 0) is 6.54 Å². The Bertz CT molecular complexity index is 325. The Labute approximate surface area is 112 Å². The molecule has 0 saturated heterocycles. The molecule has 0 aliphatic rings. The minimum Gasteiger partial charge on any atom is -0.369 e. The molecule has 0 aliphatic heterocycles. The summed E-state index contributed by atoms with van der Waals surface area (Å²) in [5, 5.41) is 0. The van der Waals surface area contributed by atoms with Gasteiger partial charge in [-0.2, -0.15) is 0 Å². The van der Waals surface area contributed by atoms with Crippen LogP contribution >= 0.6 is 0 Å². The predicted molar refractivity (Wildman–Crippen MR) is 80.9 cm³/mol. The van der Waals surface area contributed by atoms with Gasteiger partial charge in [0.15, 0.2) is 0 Å². The van der Waals surface area contributed by atoms with Gasteiger partial charge < -0.3 is 10.6 Å². The van der Waals surface area contributed by atoms with E-state index in [0.29, 0.717) is 12.6 Å². The van der Waals surface area contributed by atoms with Crippen LogP contribution in [0.3, 0.4) is 0 Å². The van der Waals surface area contributed by atoms with Crippen molar-refractivity contribution in [2.24, 2.45) is 11.7 Å². The summed E-state index contributed by atoms with van der Waals surface area (Å²) in [5.74, 6) is 0.779. The molecule has 0 fully saturated rings. The molecule has 1 aromatic rings. The number of benzene rings is 1. The zero-order valence-electron chi connectivity index (χ0n) is 12.3. The first-order valence-electron chi connectivity index (χ1n) is 7.17. The number of anilines is 1. The molecule has 0 bridgehead atoms. The predicted octanol–water partition coefficient (Wildman–Crippen LogP) is 3.80. The number of rotatable bonds is 7. The third-order valence-electron chi connectivity index (χ3n) is 3.74. The van der Waals surface area contributed by atoms with E-state index in [4.69, 9.17) is 5.73 Å². The molecule has 2 nitrogen and oxygen atoms in total. The maximum absolute atomic E-state index is 5.65. The first-order valence-corrected chi connectivity index (χ1v) is 7.17. The Morgan fingerprint density at radius 3 is 2.00 bits per heavy atom. The quantitative estimate of drug-likeness (QED) is 0.795. The number of nitrogens with zero attached hydrogens (tertiary/aromatic N) is 1. The standard InChI is InChI=1S/C16H28N2/c1-5-14(6-2)12-18(13(3)4)16-9-7-15(11-17)8-10-16/h7-10,13-14H,5-6,11-12,17H2,1-4H3. The lowest BCUT2D eigenvalue weighted by atomic mass is 10.0. The maximum atomic E-state index is 5.65. The highest BCUT2D eigenvalue weighted by atomic mass is 15.2. The molecule has 0 aliphatic carbocycles. The van der Waals surface area contributed by atoms with Crippen molar-refractivity contribution in [1.82, 2.24) is 0 Å². The largest absolute Gasteiger partial charge is 0.369 e. The summed E-state index contributed by atoms with van der Waals surface area (Å²) in [6.45, 7) is 10.9. The van der Waals surface area contributed by atoms with E-state index in [1.54, 1.807) is 0 Å². The highest BCUT2D eigenvalue weighted by Gasteiger charge is 2.14. The number of nitrogens with two attached hydrogens (primary N) is 1. The Balaban J connectivity index is 2.83. The molecule has 0 aromatic heterocycles. The Kier molecular flexibility index (Phi) is 6.20. The average Bonchev–Trinajstić information content (AvgIpc) is 2.40. The van der Waals surface area contributed by atoms with Crippen molar-refractivity contribution >= 4 is 5.69 Å². The fourth-order valence-corrected chi connectivity index (χ4v) is 2.26. The van der Waals surface area contributed by atoms with Gasteiger partial charge >= 0.3 is 0 Å². The molecule has 0 amide bonds. The van der Waals surface area contributed by atoms with E-state index in [9.17, 15) is 0 Å². The van der Waals surface area contributed by atoms with E-state index in [0.717, 1.165) is 12.5 Å². The minimum atomic E-state index is 0.536. The normalized spacial score (nSPS) is 11.3. The van der Waals surface area contributed by atoms with E-state index >= 15 is 0 Å². The van der Waals surface area contributed by atoms with Crippen LogP contribution in [0.4, 0.5) is 5.69 Å². The van der Waals surface area contributed by atoms with Gasteiger partial charge in [-0.1, -0.05) is 38.8 Å². The van der Waals surface area contributed by atoms with Gasteiger partial charge in [0.05, 0.1) is 0 Å². The Morgan fingerprint density at radius 1 is 1.06 bits per heavy atom. The second-order valence-electron chi connectivity index (χ2n) is 5.30. The summed E-state index contributed by atoms with van der Waals surface area (Å²) in [6, 6.07) is 9.21. The molecule has 2 N–H and O–H groups in total. The summed E-state index contributed by atoms with van der Waals surface area (Å²) in [4.78, 5) is 2.50. The zero-order chi connectivity index (χ0) is 13.5. The van der Waals surface area contributed by atoms with Crippen LogP contribution in [0.25, 0.3) is 0 Å². The van der Waals surface area contributed by atoms with Crippen LogP contribution in [0.2, 0.25) is 0 Å². The topological polar surface area (TPSA) is 29.3 Å². The molecule has 2 heteroatoms. The smallest absolute Gasteiger partial charge is 0.0368 e. The summed E-state index contributed by atoms with van der Waals surface area (Å²) in [5.41, 5.74) is 8.16. The average molecular weight is 248 g/mol. The fraction of sp³-hybridized carbons (Fsp3) is 0.625. The molecule has 1 rings (SSSR count). The molecule has 0 saturated carbocycles. The van der Waals surface area contributed by atoms with Crippen LogP contribution in [0.1, 0.15) is 46.1 Å². The van der Waals surface area contributed by atoms with Crippen LogP contribution in [0, 0.1) is 5.92 Å².